The van der Waals surface area contributed by atoms with Gasteiger partial charge in [-0.1, -0.05) is 303 Å². The topological polar surface area (TPSA) is 475 Å². The van der Waals surface area contributed by atoms with Gasteiger partial charge in [0.25, 0.3) is 0 Å². The zero-order chi connectivity index (χ0) is 127. The number of hydrogen-bond donors (Lipinski definition) is 14. The van der Waals surface area contributed by atoms with Gasteiger partial charge in [-0.3, -0.25) is 113 Å². The maximum absolute atomic E-state index is 12.0. The lowest BCUT2D eigenvalue weighted by molar-refractivity contribution is -0.149. The number of carbonyl (C=O) groups excluding carboxylic acids is 8. The first-order chi connectivity index (χ1) is 79.5. The molecule has 7 aliphatic rings. The van der Waals surface area contributed by atoms with Crippen LogP contribution in [0.15, 0.2) is 74.0 Å². The lowest BCUT2D eigenvalue weighted by atomic mass is 10.1. The van der Waals surface area contributed by atoms with E-state index in [0.29, 0.717) is 89.5 Å². The van der Waals surface area contributed by atoms with E-state index in [1.54, 1.807) is 6.92 Å². The highest BCUT2D eigenvalue weighted by Crippen LogP contribution is 2.21. The van der Waals surface area contributed by atoms with Gasteiger partial charge in [-0.15, -0.1) is 0 Å². The molecule has 0 aromatic rings. The summed E-state index contributed by atoms with van der Waals surface area (Å²) in [5.74, 6) is -4.60. The number of rotatable bonds is 0. The highest BCUT2D eigenvalue weighted by Gasteiger charge is 2.22. The third-order valence-corrected chi connectivity index (χ3v) is 24.5. The van der Waals surface area contributed by atoms with Crippen molar-refractivity contribution in [3.05, 3.63) is 74.0 Å². The summed E-state index contributed by atoms with van der Waals surface area (Å²) in [7, 11) is 0. The van der Waals surface area contributed by atoms with Crippen molar-refractivity contribution >= 4 is 89.0 Å². The summed E-state index contributed by atoms with van der Waals surface area (Å²) < 4.78 is 196. The summed E-state index contributed by atoms with van der Waals surface area (Å²) >= 11 is 0. The van der Waals surface area contributed by atoms with Crippen LogP contribution in [0.5, 0.6) is 0 Å². The summed E-state index contributed by atoms with van der Waals surface area (Å²) in [6.07, 6.45) is 59.3. The molecular formula is C112H203N21O15. The molecule has 0 saturated carbocycles. The summed E-state index contributed by atoms with van der Waals surface area (Å²) in [5.41, 5.74) is 0. The second-order valence-corrected chi connectivity index (χ2v) is 38.5. The molecule has 36 nitrogen and oxygen atoms in total. The average molecular weight is 2110 g/mol. The molecule has 7 rings (SSSR count). The molecule has 0 aliphatic carbocycles. The van der Waals surface area contributed by atoms with E-state index in [9.17, 15) is 38.4 Å². The third kappa shape index (κ3) is 81.2. The predicted molar refractivity (Wildman–Crippen MR) is 596 cm³/mol. The van der Waals surface area contributed by atoms with Crippen molar-refractivity contribution in [2.75, 3.05) is 134 Å². The minimum atomic E-state index is -2.71. The lowest BCUT2D eigenvalue weighted by Crippen LogP contribution is -2.44. The third-order valence-electron chi connectivity index (χ3n) is 24.5. The predicted octanol–water partition coefficient (Wildman–Crippen LogP) is 20.6. The number of guanidine groups is 7. The minimum Gasteiger partial charge on any atom is -0.497 e. The normalized spacial score (nSPS) is 24.5. The highest BCUT2D eigenvalue weighted by molar-refractivity contribution is 5.99. The molecule has 148 heavy (non-hydrogen) atoms. The summed E-state index contributed by atoms with van der Waals surface area (Å²) in [5, 5.41) is 71.7. The van der Waals surface area contributed by atoms with Crippen LogP contribution in [0.3, 0.4) is 0 Å². The summed E-state index contributed by atoms with van der Waals surface area (Å²) in [4.78, 5) is 101. The van der Waals surface area contributed by atoms with Crippen LogP contribution < -0.4 is 37.2 Å². The molecule has 846 valence electrons. The fraction of sp³-hybridized carbons (Fsp3) is 0.759. The van der Waals surface area contributed by atoms with Crippen molar-refractivity contribution in [3.8, 4) is 0 Å². The monoisotopic (exact) mass is 2100 g/mol. The van der Waals surface area contributed by atoms with Gasteiger partial charge in [-0.25, -0.2) is 0 Å². The largest absolute Gasteiger partial charge is 0.497 e. The smallest absolute Gasteiger partial charge is 0.325 e. The molecule has 7 heterocycles. The van der Waals surface area contributed by atoms with Crippen LogP contribution in [0.2, 0.25) is 0 Å². The molecule has 7 saturated heterocycles. The van der Waals surface area contributed by atoms with Gasteiger partial charge in [0.1, 0.15) is 41.1 Å². The van der Waals surface area contributed by atoms with E-state index in [1.807, 2.05) is 0 Å². The van der Waals surface area contributed by atoms with Gasteiger partial charge in [0.05, 0.1) is 85.0 Å². The maximum atomic E-state index is 12.0. The molecular weight excluding hydrogens is 1880 g/mol. The van der Waals surface area contributed by atoms with E-state index in [1.165, 1.54) is 64.2 Å². The first kappa shape index (κ1) is 102. The molecule has 0 radical (unpaired) electrons. The Kier molecular flexibility index (Phi) is 62.0. The molecule has 0 aromatic carbocycles. The van der Waals surface area contributed by atoms with Gasteiger partial charge in [0.15, 0.2) is 41.7 Å². The number of ether oxygens (including phenoxy) is 7. The zero-order valence-electron chi connectivity index (χ0n) is 111. The van der Waals surface area contributed by atoms with Crippen LogP contribution >= 0.6 is 0 Å². The first-order valence-corrected chi connectivity index (χ1v) is 54.7. The number of nitrogens with one attached hydrogen (secondary N) is 14. The molecule has 7 amide bonds. The Morgan fingerprint density at radius 3 is 0.486 bits per heavy atom. The standard InChI is InChI=1S/2C17H31N3O2.C16H29N3O3.2C16H29N3O2.2C15H27N3O2/c2*1-15-14-20(2)17(18)19-16(21)12-10-8-6-4-3-5-7-9-11-13-22-15;1-13-10-8-6-4-3-5-7-9-11-14(20)18-16(17)19(2)12-15(21)22-13;2*1-14-13-19(2)16(17)18-15(20)11-9-7-5-3-4-6-8-10-12-21-14;2*1-13-12-18(2)15(16)17-14(19)10-8-6-4-3-5-7-9-11-20-13/h2*1,3-14H2,2H3,(H2,18,19,21);13H,3-12H2,1-2H3,(H2,17,18,20);2*1,3-13H2,2H3,(H2,17,18,20);2*1,3-12H2,2H3,(H2,16,17,19)/i7*2D3. The van der Waals surface area contributed by atoms with Crippen LogP contribution in [0.4, 0.5) is 0 Å². The van der Waals surface area contributed by atoms with E-state index < -0.39 is 109 Å². The number of carbonyl (C=O) groups is 8. The number of likely N-dealkylation sites (N-methyl/N-ethyl adjacent to an activating group) is 7. The van der Waals surface area contributed by atoms with Gasteiger partial charge in [0, 0.05) is 123 Å². The number of esters is 1. The van der Waals surface area contributed by atoms with E-state index in [-0.39, 0.29) is 122 Å². The Labute approximate surface area is 921 Å². The van der Waals surface area contributed by atoms with Crippen molar-refractivity contribution < 1.29 is 100 Å². The van der Waals surface area contributed by atoms with Crippen molar-refractivity contribution in [1.82, 2.24) is 71.5 Å². The number of hydrogen-bond acceptors (Lipinski definition) is 22. The lowest BCUT2D eigenvalue weighted by Gasteiger charge is -2.21. The minimum absolute atomic E-state index is 0.143. The van der Waals surface area contributed by atoms with Crippen LogP contribution in [0.25, 0.3) is 0 Å². The SMILES string of the molecule is [2H]C([2H])([2H])N1CC(=C)OCCCCCCCCCC(=O)NC1=N.[2H]C([2H])([2H])N1CC(=C)OCCCCCCCCCC(=O)NC1=N.[2H]C([2H])([2H])N1CC(=C)OCCCCCCCCCCC(=O)NC1=N.[2H]C([2H])([2H])N1CC(=C)OCCCCCCCCCCC(=O)NC1=N.[2H]C([2H])([2H])N1CC(=C)OCCCCCCCCCCCC(=O)NC1=N.[2H]C([2H])([2H])N1CC(=C)OCCCCCCCCCCCC(=O)NC1=N.[2H]C([2H])([2H])N1CC(=O)OC(C)CCCCCCCCCC(=O)NC1=N. The molecule has 1 unspecified atom stereocenters. The Bertz CT molecular complexity index is 4450. The quantitative estimate of drug-likeness (QED) is 0.100. The van der Waals surface area contributed by atoms with Gasteiger partial charge in [-0.05, 0) is 103 Å². The van der Waals surface area contributed by atoms with E-state index in [0.717, 1.165) is 318 Å². The Morgan fingerprint density at radius 2 is 0.338 bits per heavy atom. The molecule has 36 heteroatoms. The molecule has 0 bridgehead atoms. The molecule has 1 atom stereocenters. The van der Waals surface area contributed by atoms with Crippen LogP contribution in [-0.4, -0.2) is 264 Å². The van der Waals surface area contributed by atoms with Gasteiger partial charge >= 0.3 is 5.97 Å². The second kappa shape index (κ2) is 90.2. The van der Waals surface area contributed by atoms with E-state index in [2.05, 4.69) is 76.7 Å². The average Bonchev–Trinajstić information content (AvgIpc) is 1.15. The van der Waals surface area contributed by atoms with Crippen molar-refractivity contribution in [3.63, 3.8) is 0 Å². The number of amides is 7. The van der Waals surface area contributed by atoms with Crippen molar-refractivity contribution in [2.45, 2.75) is 418 Å². The van der Waals surface area contributed by atoms with Gasteiger partial charge in [0.2, 0.25) is 41.4 Å². The Morgan fingerprint density at radius 1 is 0.209 bits per heavy atom. The molecule has 14 N–H and O–H groups in total. The number of cyclic esters (lactones) is 1. The second-order valence-electron chi connectivity index (χ2n) is 38.5. The van der Waals surface area contributed by atoms with Crippen LogP contribution in [0, 0.1) is 37.9 Å². The molecule has 0 spiro atoms. The Hall–Kier alpha value is -10.7. The zero-order valence-corrected chi connectivity index (χ0v) is 89.8. The van der Waals surface area contributed by atoms with Crippen molar-refractivity contribution in [1.29, 1.82) is 37.9 Å². The van der Waals surface area contributed by atoms with Crippen LogP contribution in [0.1, 0.15) is 440 Å². The highest BCUT2D eigenvalue weighted by atomic mass is 16.5. The maximum Gasteiger partial charge on any atom is 0.325 e. The van der Waals surface area contributed by atoms with E-state index in [4.69, 9.17) is 99.8 Å². The summed E-state index contributed by atoms with van der Waals surface area (Å²) in [6, 6.07) is 0. The number of nitrogens with zero attached hydrogens (tertiary/aromatic N) is 7. The molecule has 0 aromatic heterocycles. The Balaban J connectivity index is 0.000000986. The van der Waals surface area contributed by atoms with Crippen LogP contribution in [-0.2, 0) is 71.5 Å². The fourth-order valence-electron chi connectivity index (χ4n) is 15.8. The fourth-order valence-corrected chi connectivity index (χ4v) is 15.8. The molecule has 7 aliphatic heterocycles. The van der Waals surface area contributed by atoms with E-state index >= 15 is 0 Å². The van der Waals surface area contributed by atoms with Gasteiger partial charge < -0.3 is 67.5 Å². The van der Waals surface area contributed by atoms with Crippen molar-refractivity contribution in [2.24, 2.45) is 0 Å². The summed E-state index contributed by atoms with van der Waals surface area (Å²) in [6.45, 7) is 7.67. The van der Waals surface area contributed by atoms with Gasteiger partial charge in [-0.2, -0.15) is 0 Å². The first-order valence-electron chi connectivity index (χ1n) is 65.2. The molecule has 7 fully saturated rings.